The number of carbonyl (C=O) groups is 1. The number of tetrazole rings is 1. The molecule has 2 aliphatic rings. The highest BCUT2D eigenvalue weighted by Crippen LogP contribution is 2.34. The normalized spacial score (nSPS) is 16.8. The molecule has 30 heavy (non-hydrogen) atoms. The molecular weight excluding hydrogens is 416 g/mol. The van der Waals surface area contributed by atoms with Gasteiger partial charge >= 0.3 is 0 Å². The van der Waals surface area contributed by atoms with Crippen molar-refractivity contribution in [1.29, 1.82) is 0 Å². The van der Waals surface area contributed by atoms with Gasteiger partial charge in [0.1, 0.15) is 0 Å². The van der Waals surface area contributed by atoms with Crippen molar-refractivity contribution in [2.75, 3.05) is 17.2 Å². The minimum Gasteiger partial charge on any atom is -0.311 e. The molecule has 1 fully saturated rings. The molecule has 0 spiro atoms. The zero-order valence-corrected chi connectivity index (χ0v) is 18.6. The molecule has 0 atom stereocenters. The summed E-state index contributed by atoms with van der Waals surface area (Å²) < 4.78 is 1.93. The van der Waals surface area contributed by atoms with Gasteiger partial charge in [0, 0.05) is 23.2 Å². The van der Waals surface area contributed by atoms with Gasteiger partial charge in [-0.2, -0.15) is 0 Å². The van der Waals surface area contributed by atoms with Crippen molar-refractivity contribution >= 4 is 34.7 Å². The number of fused-ring (bicyclic) bond motifs is 1. The predicted molar refractivity (Wildman–Crippen MR) is 119 cm³/mol. The zero-order valence-electron chi connectivity index (χ0n) is 17.0. The van der Waals surface area contributed by atoms with E-state index in [9.17, 15) is 4.79 Å². The van der Waals surface area contributed by atoms with Crippen LogP contribution in [0.15, 0.2) is 28.7 Å². The minimum absolute atomic E-state index is 0.106. The van der Waals surface area contributed by atoms with Crippen LogP contribution in [0.3, 0.4) is 0 Å². The second-order valence-corrected chi connectivity index (χ2v) is 9.88. The molecule has 5 rings (SSSR count). The van der Waals surface area contributed by atoms with Gasteiger partial charge in [0.2, 0.25) is 11.1 Å². The first-order chi connectivity index (χ1) is 14.7. The van der Waals surface area contributed by atoms with E-state index in [-0.39, 0.29) is 5.91 Å². The molecule has 9 heteroatoms. The van der Waals surface area contributed by atoms with Crippen molar-refractivity contribution < 1.29 is 4.79 Å². The van der Waals surface area contributed by atoms with Crippen LogP contribution in [-0.2, 0) is 11.2 Å². The summed E-state index contributed by atoms with van der Waals surface area (Å²) in [6.45, 7) is 2.74. The first kappa shape index (κ1) is 19.7. The van der Waals surface area contributed by atoms with Gasteiger partial charge in [0.05, 0.1) is 22.5 Å². The molecule has 0 saturated heterocycles. The Morgan fingerprint density at radius 2 is 2.13 bits per heavy atom. The summed E-state index contributed by atoms with van der Waals surface area (Å²) in [6, 6.07) is 6.66. The molecule has 1 amide bonds. The lowest BCUT2D eigenvalue weighted by Gasteiger charge is -2.22. The number of carbonyl (C=O) groups excluding carboxylic acids is 1. The number of aryl methyl sites for hydroxylation is 1. The number of rotatable bonds is 5. The minimum atomic E-state index is 0.106. The van der Waals surface area contributed by atoms with E-state index in [1.54, 1.807) is 11.3 Å². The van der Waals surface area contributed by atoms with Gasteiger partial charge in [-0.05, 0) is 54.3 Å². The van der Waals surface area contributed by atoms with Crippen molar-refractivity contribution in [1.82, 2.24) is 25.2 Å². The molecule has 2 aromatic heterocycles. The van der Waals surface area contributed by atoms with Gasteiger partial charge < -0.3 is 4.90 Å². The van der Waals surface area contributed by atoms with Crippen LogP contribution in [0.1, 0.15) is 48.7 Å². The monoisotopic (exact) mass is 440 g/mol. The Labute approximate surface area is 183 Å². The number of hydrogen-bond acceptors (Lipinski definition) is 7. The Balaban J connectivity index is 1.26. The maximum atomic E-state index is 13.0. The van der Waals surface area contributed by atoms with Gasteiger partial charge in [0.25, 0.3) is 0 Å². The molecule has 7 nitrogen and oxygen atoms in total. The fourth-order valence-electron chi connectivity index (χ4n) is 4.36. The van der Waals surface area contributed by atoms with Crippen LogP contribution in [0.25, 0.3) is 11.3 Å². The smallest absolute Gasteiger partial charge is 0.237 e. The largest absolute Gasteiger partial charge is 0.311 e. The lowest BCUT2D eigenvalue weighted by molar-refractivity contribution is -0.116. The summed E-state index contributed by atoms with van der Waals surface area (Å²) >= 11 is 3.10. The number of thiazole rings is 1. The lowest BCUT2D eigenvalue weighted by Crippen LogP contribution is -2.30. The van der Waals surface area contributed by atoms with Crippen molar-refractivity contribution in [2.24, 2.45) is 0 Å². The predicted octanol–water partition coefficient (Wildman–Crippen LogP) is 4.29. The van der Waals surface area contributed by atoms with E-state index in [0.29, 0.717) is 11.8 Å². The summed E-state index contributed by atoms with van der Waals surface area (Å²) in [5, 5.41) is 16.1. The molecular formula is C21H24N6OS2. The van der Waals surface area contributed by atoms with E-state index in [4.69, 9.17) is 0 Å². The van der Waals surface area contributed by atoms with Crippen LogP contribution in [0, 0.1) is 6.92 Å². The topological polar surface area (TPSA) is 76.8 Å². The number of aromatic nitrogens is 5. The summed E-state index contributed by atoms with van der Waals surface area (Å²) in [7, 11) is 0. The number of nitrogens with zero attached hydrogens (tertiary/aromatic N) is 6. The molecule has 156 valence electrons. The van der Waals surface area contributed by atoms with Crippen LogP contribution >= 0.6 is 23.1 Å². The van der Waals surface area contributed by atoms with Gasteiger partial charge in [0.15, 0.2) is 0 Å². The van der Waals surface area contributed by atoms with E-state index < -0.39 is 0 Å². The van der Waals surface area contributed by atoms with E-state index >= 15 is 0 Å². The number of thioether (sulfide) groups is 1. The zero-order chi connectivity index (χ0) is 20.5. The fourth-order valence-corrected chi connectivity index (χ4v) is 5.80. The quantitative estimate of drug-likeness (QED) is 0.551. The average molecular weight is 441 g/mol. The standard InChI is InChI=1S/C21H24N6OS2/c1-14-22-18(12-29-14)15-7-8-19-16(11-15)9-10-26(19)20(28)13-30-21-23-24-25-27(21)17-5-3-2-4-6-17/h7-8,11-12,17H,2-6,9-10,13H2,1H3. The molecule has 0 bridgehead atoms. The van der Waals surface area contributed by atoms with E-state index in [1.807, 2.05) is 16.5 Å². The second kappa shape index (κ2) is 8.47. The SMILES string of the molecule is Cc1nc(-c2ccc3c(c2)CCN3C(=O)CSc2nnnn2C2CCCCC2)cs1. The second-order valence-electron chi connectivity index (χ2n) is 7.88. The molecule has 1 aromatic carbocycles. The molecule has 3 heterocycles. The van der Waals surface area contributed by atoms with Crippen LogP contribution in [0.4, 0.5) is 5.69 Å². The third-order valence-corrected chi connectivity index (χ3v) is 7.59. The van der Waals surface area contributed by atoms with Crippen LogP contribution in [-0.4, -0.2) is 43.4 Å². The molecule has 1 aliphatic carbocycles. The molecule has 3 aromatic rings. The number of benzene rings is 1. The van der Waals surface area contributed by atoms with E-state index in [2.05, 4.69) is 44.1 Å². The number of anilines is 1. The van der Waals surface area contributed by atoms with Crippen LogP contribution < -0.4 is 4.90 Å². The molecule has 0 unspecified atom stereocenters. The van der Waals surface area contributed by atoms with Gasteiger partial charge in [-0.25, -0.2) is 9.67 Å². The van der Waals surface area contributed by atoms with Gasteiger partial charge in [-0.1, -0.05) is 37.1 Å². The Kier molecular flexibility index (Phi) is 5.56. The van der Waals surface area contributed by atoms with Gasteiger partial charge in [-0.15, -0.1) is 16.4 Å². The number of hydrogen-bond donors (Lipinski definition) is 0. The first-order valence-electron chi connectivity index (χ1n) is 10.5. The highest BCUT2D eigenvalue weighted by Gasteiger charge is 2.26. The average Bonchev–Trinajstić information content (AvgIpc) is 3.51. The van der Waals surface area contributed by atoms with Crippen molar-refractivity contribution in [3.8, 4) is 11.3 Å². The molecule has 1 aliphatic heterocycles. The van der Waals surface area contributed by atoms with Gasteiger partial charge in [-0.3, -0.25) is 4.79 Å². The molecule has 0 N–H and O–H groups in total. The Morgan fingerprint density at radius 1 is 1.27 bits per heavy atom. The maximum Gasteiger partial charge on any atom is 0.237 e. The lowest BCUT2D eigenvalue weighted by atomic mass is 9.96. The van der Waals surface area contributed by atoms with E-state index in [0.717, 1.165) is 52.9 Å². The summed E-state index contributed by atoms with van der Waals surface area (Å²) in [4.78, 5) is 19.4. The third-order valence-electron chi connectivity index (χ3n) is 5.90. The fraction of sp³-hybridized carbons (Fsp3) is 0.476. The summed E-state index contributed by atoms with van der Waals surface area (Å²) in [6.07, 6.45) is 6.85. The molecule has 0 radical (unpaired) electrons. The van der Waals surface area contributed by atoms with Crippen LogP contribution in [0.2, 0.25) is 0 Å². The molecule has 1 saturated carbocycles. The Hall–Kier alpha value is -2.26. The van der Waals surface area contributed by atoms with E-state index in [1.165, 1.54) is 36.6 Å². The number of amides is 1. The highest BCUT2D eigenvalue weighted by atomic mass is 32.2. The van der Waals surface area contributed by atoms with Crippen LogP contribution in [0.5, 0.6) is 0 Å². The highest BCUT2D eigenvalue weighted by molar-refractivity contribution is 7.99. The maximum absolute atomic E-state index is 13.0. The Bertz CT molecular complexity index is 1060. The summed E-state index contributed by atoms with van der Waals surface area (Å²) in [5.74, 6) is 0.453. The van der Waals surface area contributed by atoms with Crippen molar-refractivity contribution in [3.05, 3.63) is 34.2 Å². The third kappa shape index (κ3) is 3.88. The van der Waals surface area contributed by atoms with Crippen molar-refractivity contribution in [3.63, 3.8) is 0 Å². The Morgan fingerprint density at radius 3 is 2.93 bits per heavy atom. The summed E-state index contributed by atoms with van der Waals surface area (Å²) in [5.41, 5.74) is 4.36. The van der Waals surface area contributed by atoms with Crippen molar-refractivity contribution in [2.45, 2.75) is 56.6 Å². The first-order valence-corrected chi connectivity index (χ1v) is 12.3.